The summed E-state index contributed by atoms with van der Waals surface area (Å²) < 4.78 is 5.43. The normalized spacial score (nSPS) is 19.0. The molecule has 21 heavy (non-hydrogen) atoms. The van der Waals surface area contributed by atoms with E-state index in [1.54, 1.807) is 6.07 Å². The van der Waals surface area contributed by atoms with E-state index in [2.05, 4.69) is 22.3 Å². The number of aryl methyl sites for hydroxylation is 2. The van der Waals surface area contributed by atoms with Crippen LogP contribution >= 0.6 is 0 Å². The second-order valence-electron chi connectivity index (χ2n) is 6.09. The largest absolute Gasteiger partial charge is 0.423 e. The van der Waals surface area contributed by atoms with Gasteiger partial charge in [-0.2, -0.15) is 0 Å². The molecule has 1 saturated heterocycles. The van der Waals surface area contributed by atoms with Gasteiger partial charge in [-0.15, -0.1) is 0 Å². The number of hydrogen-bond donors (Lipinski definition) is 1. The Morgan fingerprint density at radius 3 is 2.67 bits per heavy atom. The van der Waals surface area contributed by atoms with Gasteiger partial charge < -0.3 is 9.73 Å². The summed E-state index contributed by atoms with van der Waals surface area (Å²) in [7, 11) is 0. The standard InChI is InChI=1S/C17H20N2O2/c20-17-10-14(11-19-6-4-18-5-7-19)15-8-12-2-1-3-13(12)9-16(15)21-17/h8-10,18H,1-7,11H2. The SMILES string of the molecule is O=c1cc(CN2CCNCC2)c2cc3c(cc2o1)CCC3. The number of nitrogens with zero attached hydrogens (tertiary/aromatic N) is 1. The van der Waals surface area contributed by atoms with Gasteiger partial charge in [-0.05, 0) is 48.1 Å². The first kappa shape index (κ1) is 13.0. The number of rotatable bonds is 2. The summed E-state index contributed by atoms with van der Waals surface area (Å²) in [4.78, 5) is 14.2. The van der Waals surface area contributed by atoms with Gasteiger partial charge in [0, 0.05) is 44.2 Å². The third kappa shape index (κ3) is 2.49. The summed E-state index contributed by atoms with van der Waals surface area (Å²) >= 11 is 0. The van der Waals surface area contributed by atoms with Crippen molar-refractivity contribution in [3.63, 3.8) is 0 Å². The molecule has 110 valence electrons. The Bertz CT molecular complexity index is 729. The van der Waals surface area contributed by atoms with Gasteiger partial charge in [0.25, 0.3) is 0 Å². The molecule has 4 nitrogen and oxygen atoms in total. The first-order chi connectivity index (χ1) is 10.3. The molecule has 0 bridgehead atoms. The molecule has 1 aromatic carbocycles. The van der Waals surface area contributed by atoms with Crippen LogP contribution in [0.2, 0.25) is 0 Å². The molecule has 0 saturated carbocycles. The van der Waals surface area contributed by atoms with Crippen molar-refractivity contribution in [1.82, 2.24) is 10.2 Å². The fraction of sp³-hybridized carbons (Fsp3) is 0.471. The topological polar surface area (TPSA) is 45.5 Å². The Balaban J connectivity index is 1.77. The van der Waals surface area contributed by atoms with E-state index in [4.69, 9.17) is 4.42 Å². The van der Waals surface area contributed by atoms with Crippen molar-refractivity contribution in [3.8, 4) is 0 Å². The second-order valence-corrected chi connectivity index (χ2v) is 6.09. The maximum atomic E-state index is 11.8. The van der Waals surface area contributed by atoms with E-state index in [0.29, 0.717) is 0 Å². The zero-order valence-corrected chi connectivity index (χ0v) is 12.2. The molecule has 0 radical (unpaired) electrons. The lowest BCUT2D eigenvalue weighted by Crippen LogP contribution is -2.43. The quantitative estimate of drug-likeness (QED) is 0.852. The van der Waals surface area contributed by atoms with Crippen molar-refractivity contribution in [2.24, 2.45) is 0 Å². The molecule has 1 fully saturated rings. The first-order valence-corrected chi connectivity index (χ1v) is 7.81. The summed E-state index contributed by atoms with van der Waals surface area (Å²) in [5.41, 5.74) is 4.42. The summed E-state index contributed by atoms with van der Waals surface area (Å²) in [6.07, 6.45) is 3.47. The maximum absolute atomic E-state index is 11.8. The second kappa shape index (κ2) is 5.28. The molecule has 2 aromatic rings. The molecule has 1 N–H and O–H groups in total. The highest BCUT2D eigenvalue weighted by Gasteiger charge is 2.17. The molecular formula is C17H20N2O2. The zero-order valence-electron chi connectivity index (χ0n) is 12.2. The first-order valence-electron chi connectivity index (χ1n) is 7.81. The van der Waals surface area contributed by atoms with E-state index in [-0.39, 0.29) is 5.63 Å². The van der Waals surface area contributed by atoms with Crippen LogP contribution in [0, 0.1) is 0 Å². The third-order valence-corrected chi connectivity index (χ3v) is 4.65. The number of piperazine rings is 1. The van der Waals surface area contributed by atoms with Crippen molar-refractivity contribution in [1.29, 1.82) is 0 Å². The molecule has 1 aliphatic carbocycles. The number of hydrogen-bond acceptors (Lipinski definition) is 4. The van der Waals surface area contributed by atoms with Gasteiger partial charge in [0.1, 0.15) is 5.58 Å². The Morgan fingerprint density at radius 1 is 1.10 bits per heavy atom. The van der Waals surface area contributed by atoms with Crippen molar-refractivity contribution in [3.05, 3.63) is 45.3 Å². The highest BCUT2D eigenvalue weighted by molar-refractivity contribution is 5.82. The van der Waals surface area contributed by atoms with Gasteiger partial charge in [0.05, 0.1) is 0 Å². The molecule has 1 aromatic heterocycles. The molecule has 2 heterocycles. The van der Waals surface area contributed by atoms with Crippen LogP contribution in [0.5, 0.6) is 0 Å². The fourth-order valence-corrected chi connectivity index (χ4v) is 3.54. The molecular weight excluding hydrogens is 264 g/mol. The predicted molar refractivity (Wildman–Crippen MR) is 82.7 cm³/mol. The van der Waals surface area contributed by atoms with Crippen LogP contribution in [0.4, 0.5) is 0 Å². The smallest absolute Gasteiger partial charge is 0.336 e. The summed E-state index contributed by atoms with van der Waals surface area (Å²) in [5.74, 6) is 0. The average Bonchev–Trinajstić information content (AvgIpc) is 2.93. The van der Waals surface area contributed by atoms with Crippen LogP contribution in [-0.4, -0.2) is 31.1 Å². The van der Waals surface area contributed by atoms with Crippen molar-refractivity contribution in [2.75, 3.05) is 26.2 Å². The van der Waals surface area contributed by atoms with Crippen LogP contribution in [-0.2, 0) is 19.4 Å². The number of fused-ring (bicyclic) bond motifs is 2. The van der Waals surface area contributed by atoms with Gasteiger partial charge in [-0.1, -0.05) is 0 Å². The molecule has 2 aliphatic rings. The minimum Gasteiger partial charge on any atom is -0.423 e. The maximum Gasteiger partial charge on any atom is 0.336 e. The predicted octanol–water partition coefficient (Wildman–Crippen LogP) is 1.69. The van der Waals surface area contributed by atoms with E-state index >= 15 is 0 Å². The third-order valence-electron chi connectivity index (χ3n) is 4.65. The highest BCUT2D eigenvalue weighted by atomic mass is 16.4. The Labute approximate surface area is 123 Å². The minimum absolute atomic E-state index is 0.231. The number of nitrogens with one attached hydrogen (secondary N) is 1. The van der Waals surface area contributed by atoms with Gasteiger partial charge in [0.2, 0.25) is 0 Å². The molecule has 0 amide bonds. The van der Waals surface area contributed by atoms with Gasteiger partial charge in [-0.25, -0.2) is 4.79 Å². The van der Waals surface area contributed by atoms with E-state index in [1.807, 2.05) is 0 Å². The van der Waals surface area contributed by atoms with Gasteiger partial charge in [-0.3, -0.25) is 4.90 Å². The van der Waals surface area contributed by atoms with Crippen LogP contribution in [0.1, 0.15) is 23.1 Å². The molecule has 0 unspecified atom stereocenters. The minimum atomic E-state index is -0.231. The molecule has 4 rings (SSSR count). The molecule has 4 heteroatoms. The van der Waals surface area contributed by atoms with Crippen molar-refractivity contribution < 1.29 is 4.42 Å². The van der Waals surface area contributed by atoms with Gasteiger partial charge >= 0.3 is 5.63 Å². The van der Waals surface area contributed by atoms with Crippen LogP contribution in [0.25, 0.3) is 11.0 Å². The lowest BCUT2D eigenvalue weighted by Gasteiger charge is -2.27. The Kier molecular flexibility index (Phi) is 3.28. The van der Waals surface area contributed by atoms with E-state index in [0.717, 1.165) is 62.1 Å². The lowest BCUT2D eigenvalue weighted by molar-refractivity contribution is 0.233. The van der Waals surface area contributed by atoms with Crippen molar-refractivity contribution in [2.45, 2.75) is 25.8 Å². The molecule has 0 atom stereocenters. The van der Waals surface area contributed by atoms with E-state index in [9.17, 15) is 4.79 Å². The van der Waals surface area contributed by atoms with Crippen molar-refractivity contribution >= 4 is 11.0 Å². The summed E-state index contributed by atoms with van der Waals surface area (Å²) in [6.45, 7) is 4.95. The molecule has 1 aliphatic heterocycles. The zero-order chi connectivity index (χ0) is 14.2. The van der Waals surface area contributed by atoms with E-state index in [1.165, 1.54) is 17.5 Å². The molecule has 0 spiro atoms. The van der Waals surface area contributed by atoms with Crippen LogP contribution in [0.15, 0.2) is 27.4 Å². The Morgan fingerprint density at radius 2 is 1.86 bits per heavy atom. The summed E-state index contributed by atoms with van der Waals surface area (Å²) in [6, 6.07) is 6.00. The Hall–Kier alpha value is -1.65. The highest BCUT2D eigenvalue weighted by Crippen LogP contribution is 2.28. The number of benzene rings is 1. The monoisotopic (exact) mass is 284 g/mol. The summed E-state index contributed by atoms with van der Waals surface area (Å²) in [5, 5.41) is 4.48. The van der Waals surface area contributed by atoms with Crippen LogP contribution in [0.3, 0.4) is 0 Å². The van der Waals surface area contributed by atoms with Crippen LogP contribution < -0.4 is 10.9 Å². The fourth-order valence-electron chi connectivity index (χ4n) is 3.54. The van der Waals surface area contributed by atoms with Gasteiger partial charge in [0.15, 0.2) is 0 Å². The lowest BCUT2D eigenvalue weighted by atomic mass is 10.0. The van der Waals surface area contributed by atoms with E-state index < -0.39 is 0 Å². The average molecular weight is 284 g/mol.